The topological polar surface area (TPSA) is 12.0 Å². The van der Waals surface area contributed by atoms with Crippen LogP contribution in [0.25, 0.3) is 0 Å². The summed E-state index contributed by atoms with van der Waals surface area (Å²) < 4.78 is 0. The molecule has 4 bridgehead atoms. The van der Waals surface area contributed by atoms with Gasteiger partial charge < -0.3 is 5.32 Å². The molecule has 0 aliphatic heterocycles. The normalized spacial score (nSPS) is 45.2. The number of nitrogens with one attached hydrogen (secondary N) is 1. The molecule has 0 spiro atoms. The van der Waals surface area contributed by atoms with Crippen LogP contribution in [0.2, 0.25) is 0 Å². The van der Waals surface area contributed by atoms with E-state index in [-0.39, 0.29) is 0 Å². The van der Waals surface area contributed by atoms with Gasteiger partial charge >= 0.3 is 0 Å². The van der Waals surface area contributed by atoms with Crippen LogP contribution in [-0.4, -0.2) is 24.1 Å². The first-order valence-corrected chi connectivity index (χ1v) is 8.81. The van der Waals surface area contributed by atoms with E-state index >= 15 is 0 Å². The number of hydrogen-bond donors (Lipinski definition) is 1. The molecular formula is C15H27NS. The summed E-state index contributed by atoms with van der Waals surface area (Å²) in [6, 6.07) is 0.886. The third-order valence-corrected chi connectivity index (χ3v) is 6.60. The molecule has 1 N–H and O–H groups in total. The molecular weight excluding hydrogens is 226 g/mol. The molecule has 0 aromatic carbocycles. The van der Waals surface area contributed by atoms with Crippen molar-refractivity contribution in [3.05, 3.63) is 0 Å². The van der Waals surface area contributed by atoms with E-state index in [2.05, 4.69) is 18.5 Å². The Balaban J connectivity index is 1.51. The van der Waals surface area contributed by atoms with Gasteiger partial charge in [-0.3, -0.25) is 0 Å². The van der Waals surface area contributed by atoms with E-state index in [1.165, 1.54) is 13.0 Å². The van der Waals surface area contributed by atoms with E-state index in [0.29, 0.717) is 0 Å². The third-order valence-electron chi connectivity index (χ3n) is 5.56. The van der Waals surface area contributed by atoms with Crippen LogP contribution in [-0.2, 0) is 0 Å². The molecule has 1 nitrogen and oxygen atoms in total. The average molecular weight is 253 g/mol. The Morgan fingerprint density at radius 2 is 1.65 bits per heavy atom. The van der Waals surface area contributed by atoms with Crippen molar-refractivity contribution in [3.63, 3.8) is 0 Å². The molecule has 2 heteroatoms. The van der Waals surface area contributed by atoms with Gasteiger partial charge in [-0.1, -0.05) is 6.92 Å². The minimum atomic E-state index is 0.819. The van der Waals surface area contributed by atoms with Gasteiger partial charge in [-0.15, -0.1) is 0 Å². The average Bonchev–Trinajstić information content (AvgIpc) is 2.31. The van der Waals surface area contributed by atoms with Gasteiger partial charge in [-0.25, -0.2) is 0 Å². The van der Waals surface area contributed by atoms with Gasteiger partial charge in [-0.2, -0.15) is 11.8 Å². The Labute approximate surface area is 111 Å². The van der Waals surface area contributed by atoms with Gasteiger partial charge in [-0.05, 0) is 75.0 Å². The van der Waals surface area contributed by atoms with Crippen molar-refractivity contribution >= 4 is 11.8 Å². The van der Waals surface area contributed by atoms with Crippen LogP contribution >= 0.6 is 11.8 Å². The lowest BCUT2D eigenvalue weighted by Gasteiger charge is -2.54. The van der Waals surface area contributed by atoms with Crippen LogP contribution < -0.4 is 5.32 Å². The highest BCUT2D eigenvalue weighted by Gasteiger charge is 2.47. The third kappa shape index (κ3) is 2.53. The van der Waals surface area contributed by atoms with E-state index in [1.54, 1.807) is 32.1 Å². The zero-order chi connectivity index (χ0) is 11.8. The van der Waals surface area contributed by atoms with Crippen molar-refractivity contribution in [1.82, 2.24) is 5.32 Å². The second kappa shape index (κ2) is 5.13. The van der Waals surface area contributed by atoms with E-state index in [0.717, 1.165) is 35.0 Å². The molecule has 0 heterocycles. The monoisotopic (exact) mass is 253 g/mol. The molecule has 4 aliphatic rings. The van der Waals surface area contributed by atoms with E-state index in [1.807, 2.05) is 11.8 Å². The van der Waals surface area contributed by atoms with Crippen molar-refractivity contribution in [3.8, 4) is 0 Å². The van der Waals surface area contributed by atoms with Gasteiger partial charge in [0.05, 0.1) is 0 Å². The van der Waals surface area contributed by atoms with Crippen LogP contribution in [0.1, 0.15) is 45.4 Å². The van der Waals surface area contributed by atoms with Crippen molar-refractivity contribution < 1.29 is 0 Å². The fraction of sp³-hybridized carbons (Fsp3) is 1.00. The summed E-state index contributed by atoms with van der Waals surface area (Å²) in [5, 5.41) is 4.74. The zero-order valence-corrected chi connectivity index (χ0v) is 12.1. The number of thioether (sulfide) groups is 1. The molecule has 98 valence electrons. The fourth-order valence-corrected chi connectivity index (χ4v) is 5.18. The van der Waals surface area contributed by atoms with E-state index < -0.39 is 0 Å². The maximum Gasteiger partial charge on any atom is 0.0124 e. The minimum absolute atomic E-state index is 0.819. The first-order valence-electron chi connectivity index (χ1n) is 7.52. The first kappa shape index (κ1) is 12.3. The lowest BCUT2D eigenvalue weighted by Crippen LogP contribution is -2.54. The van der Waals surface area contributed by atoms with Crippen LogP contribution in [0.4, 0.5) is 0 Å². The Hall–Kier alpha value is 0.310. The molecule has 0 saturated heterocycles. The second-order valence-electron chi connectivity index (χ2n) is 6.75. The predicted molar refractivity (Wildman–Crippen MR) is 76.4 cm³/mol. The first-order chi connectivity index (χ1) is 8.26. The summed E-state index contributed by atoms with van der Waals surface area (Å²) in [7, 11) is 0. The summed E-state index contributed by atoms with van der Waals surface area (Å²) in [4.78, 5) is 0. The molecule has 4 saturated carbocycles. The molecule has 4 aliphatic carbocycles. The van der Waals surface area contributed by atoms with Crippen molar-refractivity contribution in [2.45, 2.75) is 56.7 Å². The SMILES string of the molecule is CSC(C)CCNC1C2CC3CC(C2)CC1C3. The fourth-order valence-electron chi connectivity index (χ4n) is 4.83. The Bertz CT molecular complexity index is 238. The molecule has 4 fully saturated rings. The van der Waals surface area contributed by atoms with Gasteiger partial charge in [0.15, 0.2) is 0 Å². The largest absolute Gasteiger partial charge is 0.313 e. The quantitative estimate of drug-likeness (QED) is 0.804. The lowest BCUT2D eigenvalue weighted by molar-refractivity contribution is -0.0135. The Morgan fingerprint density at radius 1 is 1.06 bits per heavy atom. The standard InChI is InChI=1S/C15H27NS/c1-10(17-2)3-4-16-15-13-6-11-5-12(8-13)9-14(15)7-11/h10-16H,3-9H2,1-2H3. The van der Waals surface area contributed by atoms with Crippen molar-refractivity contribution in [2.75, 3.05) is 12.8 Å². The second-order valence-corrected chi connectivity index (χ2v) is 8.02. The van der Waals surface area contributed by atoms with Crippen LogP contribution in [0.15, 0.2) is 0 Å². The molecule has 0 aromatic rings. The summed E-state index contributed by atoms with van der Waals surface area (Å²) in [6.07, 6.45) is 11.3. The highest BCUT2D eigenvalue weighted by atomic mass is 32.2. The van der Waals surface area contributed by atoms with Crippen molar-refractivity contribution in [2.24, 2.45) is 23.7 Å². The van der Waals surface area contributed by atoms with Crippen molar-refractivity contribution in [1.29, 1.82) is 0 Å². The van der Waals surface area contributed by atoms with Crippen LogP contribution in [0.3, 0.4) is 0 Å². The summed E-state index contributed by atoms with van der Waals surface area (Å²) in [5.41, 5.74) is 0. The smallest absolute Gasteiger partial charge is 0.0124 e. The Kier molecular flexibility index (Phi) is 3.72. The Morgan fingerprint density at radius 3 is 2.18 bits per heavy atom. The number of rotatable bonds is 5. The van der Waals surface area contributed by atoms with E-state index in [9.17, 15) is 0 Å². The number of hydrogen-bond acceptors (Lipinski definition) is 2. The lowest BCUT2D eigenvalue weighted by atomic mass is 9.54. The van der Waals surface area contributed by atoms with Gasteiger partial charge in [0, 0.05) is 11.3 Å². The highest BCUT2D eigenvalue weighted by Crippen LogP contribution is 2.53. The maximum atomic E-state index is 3.92. The molecule has 0 aromatic heterocycles. The highest BCUT2D eigenvalue weighted by molar-refractivity contribution is 7.99. The molecule has 1 unspecified atom stereocenters. The molecule has 1 atom stereocenters. The molecule has 0 radical (unpaired) electrons. The van der Waals surface area contributed by atoms with Crippen LogP contribution in [0.5, 0.6) is 0 Å². The van der Waals surface area contributed by atoms with Gasteiger partial charge in [0.25, 0.3) is 0 Å². The summed E-state index contributed by atoms with van der Waals surface area (Å²) >= 11 is 2.00. The van der Waals surface area contributed by atoms with E-state index in [4.69, 9.17) is 0 Å². The maximum absolute atomic E-state index is 3.92. The minimum Gasteiger partial charge on any atom is -0.313 e. The van der Waals surface area contributed by atoms with Crippen LogP contribution in [0, 0.1) is 23.7 Å². The molecule has 0 amide bonds. The molecule has 17 heavy (non-hydrogen) atoms. The zero-order valence-electron chi connectivity index (χ0n) is 11.3. The summed E-state index contributed by atoms with van der Waals surface area (Å²) in [6.45, 7) is 3.60. The van der Waals surface area contributed by atoms with Gasteiger partial charge in [0.2, 0.25) is 0 Å². The summed E-state index contributed by atoms with van der Waals surface area (Å²) in [5.74, 6) is 4.30. The van der Waals surface area contributed by atoms with Gasteiger partial charge in [0.1, 0.15) is 0 Å². The predicted octanol–water partition coefficient (Wildman–Crippen LogP) is 3.54. The molecule has 4 rings (SSSR count).